The van der Waals surface area contributed by atoms with Crippen molar-refractivity contribution in [3.63, 3.8) is 0 Å². The van der Waals surface area contributed by atoms with Gasteiger partial charge in [0.2, 0.25) is 0 Å². The number of hydrogen-bond acceptors (Lipinski definition) is 3. The normalized spacial score (nSPS) is 14.9. The van der Waals surface area contributed by atoms with Gasteiger partial charge in [0, 0.05) is 18.6 Å². The molecule has 0 radical (unpaired) electrons. The van der Waals surface area contributed by atoms with Crippen LogP contribution in [0.25, 0.3) is 0 Å². The van der Waals surface area contributed by atoms with E-state index in [4.69, 9.17) is 0 Å². The molecule has 0 aromatic carbocycles. The smallest absolute Gasteiger partial charge is 0.0756 e. The van der Waals surface area contributed by atoms with Crippen molar-refractivity contribution in [3.8, 4) is 0 Å². The van der Waals surface area contributed by atoms with Crippen molar-refractivity contribution >= 4 is 0 Å². The van der Waals surface area contributed by atoms with E-state index in [9.17, 15) is 0 Å². The predicted molar refractivity (Wildman–Crippen MR) is 62.5 cm³/mol. The first kappa shape index (κ1) is 12.1. The molecule has 0 fully saturated rings. The van der Waals surface area contributed by atoms with Gasteiger partial charge in [0.15, 0.2) is 0 Å². The summed E-state index contributed by atoms with van der Waals surface area (Å²) in [6.07, 6.45) is 7.67. The highest BCUT2D eigenvalue weighted by molar-refractivity contribution is 5.02. The van der Waals surface area contributed by atoms with Gasteiger partial charge in [-0.25, -0.2) is 0 Å². The summed E-state index contributed by atoms with van der Waals surface area (Å²) in [4.78, 5) is 8.48. The highest BCUT2D eigenvalue weighted by Crippen LogP contribution is 2.20. The lowest BCUT2D eigenvalue weighted by molar-refractivity contribution is 0.401. The molecule has 0 saturated carbocycles. The van der Waals surface area contributed by atoms with E-state index < -0.39 is 0 Å². The lowest BCUT2D eigenvalue weighted by Crippen LogP contribution is -2.23. The summed E-state index contributed by atoms with van der Waals surface area (Å²) in [5.41, 5.74) is 1.06. The molecule has 0 aliphatic carbocycles. The summed E-state index contributed by atoms with van der Waals surface area (Å²) in [6.45, 7) is 7.60. The molecular formula is C12H21N3. The third-order valence-corrected chi connectivity index (χ3v) is 2.73. The molecule has 0 amide bonds. The summed E-state index contributed by atoms with van der Waals surface area (Å²) >= 11 is 0. The Kier molecular flexibility index (Phi) is 5.26. The van der Waals surface area contributed by atoms with E-state index in [0.717, 1.165) is 24.6 Å². The summed E-state index contributed by atoms with van der Waals surface area (Å²) in [6, 6.07) is 0.346. The zero-order valence-corrected chi connectivity index (χ0v) is 9.90. The van der Waals surface area contributed by atoms with Crippen LogP contribution < -0.4 is 5.32 Å². The van der Waals surface area contributed by atoms with Crippen LogP contribution in [-0.4, -0.2) is 16.5 Å². The summed E-state index contributed by atoms with van der Waals surface area (Å²) in [7, 11) is 0. The first-order valence-corrected chi connectivity index (χ1v) is 5.77. The van der Waals surface area contributed by atoms with E-state index in [-0.39, 0.29) is 0 Å². The van der Waals surface area contributed by atoms with Gasteiger partial charge in [-0.1, -0.05) is 27.2 Å². The fraction of sp³-hybridized carbons (Fsp3) is 0.667. The highest BCUT2D eigenvalue weighted by atomic mass is 14.9. The van der Waals surface area contributed by atoms with Gasteiger partial charge in [-0.2, -0.15) is 0 Å². The van der Waals surface area contributed by atoms with Gasteiger partial charge in [0.1, 0.15) is 0 Å². The molecule has 1 rings (SSSR count). The summed E-state index contributed by atoms with van der Waals surface area (Å²) in [5.74, 6) is 0.719. The van der Waals surface area contributed by atoms with Crippen molar-refractivity contribution < 1.29 is 0 Å². The molecule has 84 valence electrons. The Morgan fingerprint density at radius 3 is 2.67 bits per heavy atom. The SMILES string of the molecule is CCNC(CC(C)CC)c1cnccn1. The average molecular weight is 207 g/mol. The molecule has 0 aliphatic rings. The van der Waals surface area contributed by atoms with E-state index in [0.29, 0.717) is 6.04 Å². The first-order chi connectivity index (χ1) is 7.27. The number of hydrogen-bond donors (Lipinski definition) is 1. The van der Waals surface area contributed by atoms with Crippen molar-refractivity contribution in [2.24, 2.45) is 5.92 Å². The molecule has 1 N–H and O–H groups in total. The number of nitrogens with one attached hydrogen (secondary N) is 1. The zero-order chi connectivity index (χ0) is 11.1. The van der Waals surface area contributed by atoms with Crippen molar-refractivity contribution in [2.75, 3.05) is 6.54 Å². The van der Waals surface area contributed by atoms with E-state index in [2.05, 4.69) is 36.1 Å². The first-order valence-electron chi connectivity index (χ1n) is 5.77. The molecule has 1 heterocycles. The molecule has 2 unspecified atom stereocenters. The van der Waals surface area contributed by atoms with E-state index in [1.54, 1.807) is 12.4 Å². The fourth-order valence-electron chi connectivity index (χ4n) is 1.61. The van der Waals surface area contributed by atoms with Gasteiger partial charge < -0.3 is 5.32 Å². The second kappa shape index (κ2) is 6.51. The molecule has 1 aromatic heterocycles. The second-order valence-corrected chi connectivity index (χ2v) is 3.99. The Bertz CT molecular complexity index is 261. The Labute approximate surface area is 92.3 Å². The van der Waals surface area contributed by atoms with Crippen molar-refractivity contribution in [1.82, 2.24) is 15.3 Å². The monoisotopic (exact) mass is 207 g/mol. The molecule has 3 nitrogen and oxygen atoms in total. The Hall–Kier alpha value is -0.960. The summed E-state index contributed by atoms with van der Waals surface area (Å²) in [5, 5.41) is 3.46. The van der Waals surface area contributed by atoms with E-state index >= 15 is 0 Å². The topological polar surface area (TPSA) is 37.8 Å². The van der Waals surface area contributed by atoms with Crippen LogP contribution in [0.15, 0.2) is 18.6 Å². The van der Waals surface area contributed by atoms with Gasteiger partial charge in [0.05, 0.1) is 11.7 Å². The molecule has 2 atom stereocenters. The van der Waals surface area contributed by atoms with Crippen LogP contribution in [0.2, 0.25) is 0 Å². The van der Waals surface area contributed by atoms with E-state index in [1.165, 1.54) is 6.42 Å². The predicted octanol–water partition coefficient (Wildman–Crippen LogP) is 2.56. The van der Waals surface area contributed by atoms with Gasteiger partial charge >= 0.3 is 0 Å². The molecule has 0 spiro atoms. The second-order valence-electron chi connectivity index (χ2n) is 3.99. The highest BCUT2D eigenvalue weighted by Gasteiger charge is 2.14. The van der Waals surface area contributed by atoms with Crippen LogP contribution in [-0.2, 0) is 0 Å². The molecule has 0 saturated heterocycles. The molecule has 0 bridgehead atoms. The third-order valence-electron chi connectivity index (χ3n) is 2.73. The maximum atomic E-state index is 4.36. The lowest BCUT2D eigenvalue weighted by atomic mass is 9.97. The van der Waals surface area contributed by atoms with Crippen LogP contribution in [0, 0.1) is 5.92 Å². The third kappa shape index (κ3) is 3.96. The zero-order valence-electron chi connectivity index (χ0n) is 9.90. The Balaban J connectivity index is 2.65. The maximum Gasteiger partial charge on any atom is 0.0756 e. The van der Waals surface area contributed by atoms with Gasteiger partial charge in [-0.05, 0) is 18.9 Å². The fourth-order valence-corrected chi connectivity index (χ4v) is 1.61. The van der Waals surface area contributed by atoms with Crippen molar-refractivity contribution in [2.45, 2.75) is 39.7 Å². The average Bonchev–Trinajstić information content (AvgIpc) is 2.29. The van der Waals surface area contributed by atoms with Crippen LogP contribution >= 0.6 is 0 Å². The molecule has 3 heteroatoms. The Morgan fingerprint density at radius 2 is 2.13 bits per heavy atom. The van der Waals surface area contributed by atoms with Crippen LogP contribution in [0.5, 0.6) is 0 Å². The van der Waals surface area contributed by atoms with Gasteiger partial charge in [0.25, 0.3) is 0 Å². The minimum atomic E-state index is 0.346. The lowest BCUT2D eigenvalue weighted by Gasteiger charge is -2.20. The molecular weight excluding hydrogens is 186 g/mol. The van der Waals surface area contributed by atoms with Crippen LogP contribution in [0.3, 0.4) is 0 Å². The number of aromatic nitrogens is 2. The number of rotatable bonds is 6. The minimum Gasteiger partial charge on any atom is -0.309 e. The molecule has 0 aliphatic heterocycles. The van der Waals surface area contributed by atoms with E-state index in [1.807, 2.05) is 6.20 Å². The van der Waals surface area contributed by atoms with Crippen molar-refractivity contribution in [1.29, 1.82) is 0 Å². The minimum absolute atomic E-state index is 0.346. The quantitative estimate of drug-likeness (QED) is 0.779. The van der Waals surface area contributed by atoms with Gasteiger partial charge in [-0.15, -0.1) is 0 Å². The summed E-state index contributed by atoms with van der Waals surface area (Å²) < 4.78 is 0. The molecule has 1 aromatic rings. The maximum absolute atomic E-state index is 4.36. The number of nitrogens with zero attached hydrogens (tertiary/aromatic N) is 2. The Morgan fingerprint density at radius 1 is 1.33 bits per heavy atom. The van der Waals surface area contributed by atoms with Crippen molar-refractivity contribution in [3.05, 3.63) is 24.3 Å². The van der Waals surface area contributed by atoms with Crippen LogP contribution in [0.1, 0.15) is 45.3 Å². The molecule has 15 heavy (non-hydrogen) atoms. The standard InChI is InChI=1S/C12H21N3/c1-4-10(3)8-11(14-5-2)12-9-13-6-7-15-12/h6-7,9-11,14H,4-5,8H2,1-3H3. The van der Waals surface area contributed by atoms with Crippen LogP contribution in [0.4, 0.5) is 0 Å². The largest absolute Gasteiger partial charge is 0.309 e. The van der Waals surface area contributed by atoms with Gasteiger partial charge in [-0.3, -0.25) is 9.97 Å².